The van der Waals surface area contributed by atoms with Crippen molar-refractivity contribution in [3.05, 3.63) is 119 Å². The van der Waals surface area contributed by atoms with Crippen molar-refractivity contribution in [3.63, 3.8) is 0 Å². The molecule has 0 heterocycles. The fourth-order valence-corrected chi connectivity index (χ4v) is 4.93. The molecule has 282 valence electrons. The third-order valence-corrected chi connectivity index (χ3v) is 7.80. The van der Waals surface area contributed by atoms with Crippen molar-refractivity contribution >= 4 is 23.7 Å². The molecule has 4 aromatic rings. The maximum absolute atomic E-state index is 13.9. The summed E-state index contributed by atoms with van der Waals surface area (Å²) in [5.74, 6) is 8.40. The zero-order valence-corrected chi connectivity index (χ0v) is 30.2. The minimum absolute atomic E-state index is 0.0283. The van der Waals surface area contributed by atoms with Gasteiger partial charge in [-0.25, -0.2) is 14.4 Å². The highest BCUT2D eigenvalue weighted by molar-refractivity contribution is 5.97. The molecule has 11 nitrogen and oxygen atoms in total. The Morgan fingerprint density at radius 2 is 0.661 bits per heavy atom. The highest BCUT2D eigenvalue weighted by Crippen LogP contribution is 2.30. The van der Waals surface area contributed by atoms with Gasteiger partial charge in [-0.2, -0.15) is 0 Å². The lowest BCUT2D eigenvalue weighted by atomic mass is 9.83. The maximum atomic E-state index is 13.9. The van der Waals surface area contributed by atoms with E-state index in [4.69, 9.17) is 58.9 Å². The summed E-state index contributed by atoms with van der Waals surface area (Å²) in [5, 5.41) is 0. The number of terminal acetylenes is 4. The van der Waals surface area contributed by atoms with Gasteiger partial charge in [0.1, 0.15) is 69.2 Å². The average molecular weight is 753 g/mol. The molecule has 0 N–H and O–H groups in total. The SMILES string of the molecule is C#CCOc1ccc(C(=O)CC(COC(=O)c2ccc(OCC#C)cc2)(COC(=O)c2ccc(OCC#C)cc2)COC(=O)c2ccc(OCC#C)cc2)cc1. The number of hydrogen-bond donors (Lipinski definition) is 0. The van der Waals surface area contributed by atoms with E-state index in [1.54, 1.807) is 12.1 Å². The molecule has 4 aromatic carbocycles. The van der Waals surface area contributed by atoms with E-state index < -0.39 is 55.3 Å². The third kappa shape index (κ3) is 12.5. The van der Waals surface area contributed by atoms with Crippen LogP contribution < -0.4 is 18.9 Å². The number of carbonyl (C=O) groups excluding carboxylic acids is 4. The first-order valence-corrected chi connectivity index (χ1v) is 16.9. The first-order valence-electron chi connectivity index (χ1n) is 16.9. The fourth-order valence-electron chi connectivity index (χ4n) is 4.93. The van der Waals surface area contributed by atoms with Gasteiger partial charge in [-0.15, -0.1) is 25.7 Å². The van der Waals surface area contributed by atoms with Crippen LogP contribution >= 0.6 is 0 Å². The number of rotatable bonds is 20. The molecule has 0 bridgehead atoms. The molecule has 0 aliphatic carbocycles. The van der Waals surface area contributed by atoms with Crippen LogP contribution in [0.25, 0.3) is 0 Å². The van der Waals surface area contributed by atoms with Gasteiger partial charge in [-0.1, -0.05) is 23.7 Å². The van der Waals surface area contributed by atoms with E-state index in [9.17, 15) is 19.2 Å². The minimum Gasteiger partial charge on any atom is -0.481 e. The molecular weight excluding hydrogens is 716 g/mol. The van der Waals surface area contributed by atoms with Crippen LogP contribution in [0.15, 0.2) is 97.1 Å². The van der Waals surface area contributed by atoms with Crippen molar-refractivity contribution < 1.29 is 52.3 Å². The van der Waals surface area contributed by atoms with Gasteiger partial charge in [0.05, 0.1) is 22.1 Å². The van der Waals surface area contributed by atoms with Gasteiger partial charge in [0.25, 0.3) is 0 Å². The summed E-state index contributed by atoms with van der Waals surface area (Å²) in [6.07, 6.45) is 20.7. The van der Waals surface area contributed by atoms with E-state index in [-0.39, 0.29) is 48.7 Å². The van der Waals surface area contributed by atoms with Crippen molar-refractivity contribution in [2.24, 2.45) is 5.41 Å². The van der Waals surface area contributed by atoms with Gasteiger partial charge in [0.2, 0.25) is 0 Å². The molecule has 0 aliphatic heterocycles. The summed E-state index contributed by atoms with van der Waals surface area (Å²) in [5.41, 5.74) is -0.908. The molecule has 0 saturated carbocycles. The molecule has 56 heavy (non-hydrogen) atoms. The smallest absolute Gasteiger partial charge is 0.338 e. The van der Waals surface area contributed by atoms with Crippen LogP contribution in [0, 0.1) is 54.8 Å². The van der Waals surface area contributed by atoms with E-state index in [0.717, 1.165) is 0 Å². The molecule has 4 rings (SSSR count). The third-order valence-electron chi connectivity index (χ3n) is 7.80. The van der Waals surface area contributed by atoms with Crippen molar-refractivity contribution in [1.29, 1.82) is 0 Å². The summed E-state index contributed by atoms with van der Waals surface area (Å²) in [7, 11) is 0. The monoisotopic (exact) mass is 752 g/mol. The molecule has 0 saturated heterocycles. The summed E-state index contributed by atoms with van der Waals surface area (Å²) >= 11 is 0. The molecule has 0 fully saturated rings. The highest BCUT2D eigenvalue weighted by atomic mass is 16.6. The van der Waals surface area contributed by atoms with Crippen LogP contribution in [0.1, 0.15) is 47.9 Å². The summed E-state index contributed by atoms with van der Waals surface area (Å²) in [6, 6.07) is 24.2. The van der Waals surface area contributed by atoms with E-state index in [2.05, 4.69) is 23.7 Å². The van der Waals surface area contributed by atoms with Gasteiger partial charge >= 0.3 is 17.9 Å². The first kappa shape index (κ1) is 41.2. The summed E-state index contributed by atoms with van der Waals surface area (Å²) < 4.78 is 38.8. The Labute approximate surface area is 325 Å². The van der Waals surface area contributed by atoms with Crippen LogP contribution in [-0.2, 0) is 14.2 Å². The van der Waals surface area contributed by atoms with Crippen molar-refractivity contribution in [2.75, 3.05) is 46.2 Å². The molecule has 0 unspecified atom stereocenters. The molecule has 0 aromatic heterocycles. The number of hydrogen-bond acceptors (Lipinski definition) is 11. The molecule has 0 radical (unpaired) electrons. The van der Waals surface area contributed by atoms with E-state index in [1.165, 1.54) is 84.9 Å². The number of ether oxygens (including phenoxy) is 7. The Kier molecular flexibility index (Phi) is 15.6. The predicted octanol–water partition coefficient (Wildman–Crippen LogP) is 5.86. The lowest BCUT2D eigenvalue weighted by Crippen LogP contribution is -2.41. The van der Waals surface area contributed by atoms with Gasteiger partial charge in [-0.3, -0.25) is 4.79 Å². The molecule has 0 amide bonds. The molecular formula is C45H36O11. The van der Waals surface area contributed by atoms with Crippen LogP contribution in [0.3, 0.4) is 0 Å². The Morgan fingerprint density at radius 1 is 0.411 bits per heavy atom. The van der Waals surface area contributed by atoms with Gasteiger partial charge in [0, 0.05) is 12.0 Å². The fraction of sp³-hybridized carbons (Fsp3) is 0.200. The Bertz CT molecular complexity index is 1940. The second-order valence-corrected chi connectivity index (χ2v) is 11.9. The zero-order chi connectivity index (χ0) is 40.2. The number of esters is 3. The topological polar surface area (TPSA) is 133 Å². The predicted molar refractivity (Wildman–Crippen MR) is 205 cm³/mol. The molecule has 11 heteroatoms. The van der Waals surface area contributed by atoms with E-state index in [1.807, 2.05) is 0 Å². The highest BCUT2D eigenvalue weighted by Gasteiger charge is 2.39. The van der Waals surface area contributed by atoms with Crippen molar-refractivity contribution in [2.45, 2.75) is 6.42 Å². The van der Waals surface area contributed by atoms with Gasteiger partial charge in [-0.05, 0) is 97.1 Å². The zero-order valence-electron chi connectivity index (χ0n) is 30.2. The number of carbonyl (C=O) groups is 4. The van der Waals surface area contributed by atoms with Gasteiger partial charge in [0.15, 0.2) is 5.78 Å². The minimum atomic E-state index is -1.60. The van der Waals surface area contributed by atoms with E-state index >= 15 is 0 Å². The largest absolute Gasteiger partial charge is 0.481 e. The lowest BCUT2D eigenvalue weighted by Gasteiger charge is -2.32. The Morgan fingerprint density at radius 3 is 0.911 bits per heavy atom. The standard InChI is InChI=1S/C45H36O11/c1-5-25-50-37-17-9-33(10-18-37)41(46)29-45(30-54-42(47)34-11-19-38(20-12-34)51-26-6-2,31-55-43(48)35-13-21-39(22-14-35)52-27-7-3)32-56-44(49)36-15-23-40(24-16-36)53-28-8-4/h1-4,9-24H,25-32H2. The average Bonchev–Trinajstić information content (AvgIpc) is 3.24. The van der Waals surface area contributed by atoms with Gasteiger partial charge < -0.3 is 33.2 Å². The quantitative estimate of drug-likeness (QED) is 0.0465. The second-order valence-electron chi connectivity index (χ2n) is 11.9. The van der Waals surface area contributed by atoms with Crippen LogP contribution in [0.5, 0.6) is 23.0 Å². The summed E-state index contributed by atoms with van der Waals surface area (Å²) in [6.45, 7) is -1.43. The van der Waals surface area contributed by atoms with E-state index in [0.29, 0.717) is 23.0 Å². The molecule has 0 spiro atoms. The second kappa shape index (κ2) is 21.2. The number of Topliss-reactive ketones (excluding diaryl/α,β-unsaturated/α-hetero) is 1. The van der Waals surface area contributed by atoms with Crippen molar-refractivity contribution in [3.8, 4) is 72.4 Å². The van der Waals surface area contributed by atoms with Crippen LogP contribution in [-0.4, -0.2) is 69.9 Å². The summed E-state index contributed by atoms with van der Waals surface area (Å²) in [4.78, 5) is 54.0. The first-order chi connectivity index (χ1) is 27.2. The molecule has 0 atom stereocenters. The molecule has 0 aliphatic rings. The number of benzene rings is 4. The normalized spacial score (nSPS) is 10.2. The number of ketones is 1. The van der Waals surface area contributed by atoms with Crippen molar-refractivity contribution in [1.82, 2.24) is 0 Å². The Balaban J connectivity index is 1.64. The van der Waals surface area contributed by atoms with Crippen LogP contribution in [0.2, 0.25) is 0 Å². The maximum Gasteiger partial charge on any atom is 0.338 e. The Hall–Kier alpha value is -7.60. The lowest BCUT2D eigenvalue weighted by molar-refractivity contribution is -0.0375. The van der Waals surface area contributed by atoms with Crippen LogP contribution in [0.4, 0.5) is 0 Å².